The predicted octanol–water partition coefficient (Wildman–Crippen LogP) is 4.88. The number of aryl methyl sites for hydroxylation is 1. The number of benzene rings is 2. The summed E-state index contributed by atoms with van der Waals surface area (Å²) in [7, 11) is 0. The maximum Gasteiger partial charge on any atom is 0.0400 e. The molecule has 0 fully saturated rings. The quantitative estimate of drug-likeness (QED) is 0.848. The molecular weight excluding hydrogens is 286 g/mol. The number of halogens is 1. The number of anilines is 1. The first-order chi connectivity index (χ1) is 8.65. The van der Waals surface area contributed by atoms with E-state index in [2.05, 4.69) is 65.1 Å². The highest BCUT2D eigenvalue weighted by molar-refractivity contribution is 9.10. The van der Waals surface area contributed by atoms with Gasteiger partial charge in [0.05, 0.1) is 0 Å². The Kier molecular flexibility index (Phi) is 4.21. The van der Waals surface area contributed by atoms with Crippen LogP contribution < -0.4 is 5.32 Å². The Balaban J connectivity index is 2.02. The summed E-state index contributed by atoms with van der Waals surface area (Å²) in [6, 6.07) is 16.5. The minimum absolute atomic E-state index is 0.750. The minimum atomic E-state index is 0.750. The highest BCUT2D eigenvalue weighted by Crippen LogP contribution is 2.20. The lowest BCUT2D eigenvalue weighted by Gasteiger charge is -2.10. The van der Waals surface area contributed by atoms with Crippen LogP contribution in [0.3, 0.4) is 0 Å². The SMILES string of the molecule is C=C(CNc1cc(C)cc(Br)c1)c1ccccc1. The summed E-state index contributed by atoms with van der Waals surface area (Å²) in [4.78, 5) is 0. The van der Waals surface area contributed by atoms with E-state index < -0.39 is 0 Å². The molecule has 0 saturated carbocycles. The van der Waals surface area contributed by atoms with Gasteiger partial charge in [-0.15, -0.1) is 0 Å². The molecule has 0 saturated heterocycles. The van der Waals surface area contributed by atoms with Crippen LogP contribution in [0.5, 0.6) is 0 Å². The maximum absolute atomic E-state index is 4.11. The molecule has 0 atom stereocenters. The molecule has 0 amide bonds. The van der Waals surface area contributed by atoms with Crippen LogP contribution in [-0.2, 0) is 0 Å². The molecule has 0 unspecified atom stereocenters. The van der Waals surface area contributed by atoms with Crippen molar-refractivity contribution in [2.45, 2.75) is 6.92 Å². The second-order valence-corrected chi connectivity index (χ2v) is 5.26. The topological polar surface area (TPSA) is 12.0 Å². The Morgan fingerprint density at radius 2 is 1.89 bits per heavy atom. The summed E-state index contributed by atoms with van der Waals surface area (Å²) in [6.07, 6.45) is 0. The number of hydrogen-bond acceptors (Lipinski definition) is 1. The van der Waals surface area contributed by atoms with E-state index >= 15 is 0 Å². The average Bonchev–Trinajstić information content (AvgIpc) is 2.36. The van der Waals surface area contributed by atoms with Crippen LogP contribution in [0.25, 0.3) is 5.57 Å². The van der Waals surface area contributed by atoms with E-state index in [4.69, 9.17) is 0 Å². The summed E-state index contributed by atoms with van der Waals surface area (Å²) in [5.74, 6) is 0. The van der Waals surface area contributed by atoms with Gasteiger partial charge in [0.25, 0.3) is 0 Å². The summed E-state index contributed by atoms with van der Waals surface area (Å²) < 4.78 is 1.09. The Morgan fingerprint density at radius 3 is 2.56 bits per heavy atom. The van der Waals surface area contributed by atoms with E-state index in [0.29, 0.717) is 0 Å². The fourth-order valence-corrected chi connectivity index (χ4v) is 2.43. The predicted molar refractivity (Wildman–Crippen MR) is 82.8 cm³/mol. The van der Waals surface area contributed by atoms with Crippen LogP contribution in [-0.4, -0.2) is 6.54 Å². The van der Waals surface area contributed by atoms with E-state index in [1.807, 2.05) is 18.2 Å². The molecule has 2 heteroatoms. The monoisotopic (exact) mass is 301 g/mol. The zero-order chi connectivity index (χ0) is 13.0. The summed E-state index contributed by atoms with van der Waals surface area (Å²) in [5.41, 5.74) is 4.61. The molecule has 0 bridgehead atoms. The molecule has 0 aliphatic rings. The molecule has 92 valence electrons. The van der Waals surface area contributed by atoms with Crippen molar-refractivity contribution in [1.29, 1.82) is 0 Å². The first kappa shape index (κ1) is 12.9. The van der Waals surface area contributed by atoms with Crippen molar-refractivity contribution in [3.8, 4) is 0 Å². The van der Waals surface area contributed by atoms with Crippen molar-refractivity contribution in [2.24, 2.45) is 0 Å². The normalized spacial score (nSPS) is 10.1. The Labute approximate surface area is 117 Å². The van der Waals surface area contributed by atoms with E-state index in [-0.39, 0.29) is 0 Å². The number of nitrogens with one attached hydrogen (secondary N) is 1. The molecule has 1 N–H and O–H groups in total. The first-order valence-corrected chi connectivity index (χ1v) is 6.69. The zero-order valence-corrected chi connectivity index (χ0v) is 12.0. The third-order valence-electron chi connectivity index (χ3n) is 2.73. The van der Waals surface area contributed by atoms with Gasteiger partial charge in [-0.05, 0) is 41.8 Å². The van der Waals surface area contributed by atoms with Crippen LogP contribution in [0.15, 0.2) is 59.6 Å². The van der Waals surface area contributed by atoms with E-state index in [1.165, 1.54) is 11.1 Å². The molecule has 0 aliphatic heterocycles. The van der Waals surface area contributed by atoms with E-state index in [9.17, 15) is 0 Å². The van der Waals surface area contributed by atoms with Crippen LogP contribution in [0, 0.1) is 6.92 Å². The molecule has 2 rings (SSSR count). The standard InChI is InChI=1S/C16H16BrN/c1-12-8-15(17)10-16(9-12)18-11-13(2)14-6-4-3-5-7-14/h3-10,18H,2,11H2,1H3. The molecule has 0 heterocycles. The second-order valence-electron chi connectivity index (χ2n) is 4.34. The maximum atomic E-state index is 4.11. The lowest BCUT2D eigenvalue weighted by molar-refractivity contribution is 1.32. The lowest BCUT2D eigenvalue weighted by atomic mass is 10.1. The Hall–Kier alpha value is -1.54. The molecule has 18 heavy (non-hydrogen) atoms. The van der Waals surface area contributed by atoms with E-state index in [1.54, 1.807) is 0 Å². The molecule has 2 aromatic rings. The van der Waals surface area contributed by atoms with Crippen LogP contribution in [0.1, 0.15) is 11.1 Å². The summed E-state index contributed by atoms with van der Waals surface area (Å²) in [5, 5.41) is 3.40. The summed E-state index contributed by atoms with van der Waals surface area (Å²) in [6.45, 7) is 6.95. The highest BCUT2D eigenvalue weighted by Gasteiger charge is 1.99. The van der Waals surface area contributed by atoms with Gasteiger partial charge in [-0.1, -0.05) is 52.8 Å². The first-order valence-electron chi connectivity index (χ1n) is 5.89. The molecule has 0 aromatic heterocycles. The Morgan fingerprint density at radius 1 is 1.17 bits per heavy atom. The molecule has 0 radical (unpaired) electrons. The highest BCUT2D eigenvalue weighted by atomic mass is 79.9. The zero-order valence-electron chi connectivity index (χ0n) is 10.4. The molecule has 2 aromatic carbocycles. The largest absolute Gasteiger partial charge is 0.381 e. The van der Waals surface area contributed by atoms with E-state index in [0.717, 1.165) is 22.3 Å². The Bertz CT molecular complexity index is 526. The van der Waals surface area contributed by atoms with Crippen LogP contribution >= 0.6 is 15.9 Å². The smallest absolute Gasteiger partial charge is 0.0400 e. The average molecular weight is 302 g/mol. The van der Waals surface area contributed by atoms with Crippen molar-refractivity contribution in [1.82, 2.24) is 0 Å². The third kappa shape index (κ3) is 3.47. The third-order valence-corrected chi connectivity index (χ3v) is 3.19. The van der Waals surface area contributed by atoms with Gasteiger partial charge in [0.15, 0.2) is 0 Å². The van der Waals surface area contributed by atoms with Crippen molar-refractivity contribution >= 4 is 27.2 Å². The number of hydrogen-bond donors (Lipinski definition) is 1. The van der Waals surface area contributed by atoms with Gasteiger partial charge in [-0.2, -0.15) is 0 Å². The molecule has 0 spiro atoms. The van der Waals surface area contributed by atoms with Crippen molar-refractivity contribution < 1.29 is 0 Å². The minimum Gasteiger partial charge on any atom is -0.381 e. The molecule has 1 nitrogen and oxygen atoms in total. The van der Waals surface area contributed by atoms with Gasteiger partial charge in [0.1, 0.15) is 0 Å². The van der Waals surface area contributed by atoms with Gasteiger partial charge in [0.2, 0.25) is 0 Å². The van der Waals surface area contributed by atoms with Crippen molar-refractivity contribution in [3.05, 3.63) is 70.7 Å². The van der Waals surface area contributed by atoms with Gasteiger partial charge < -0.3 is 5.32 Å². The number of rotatable bonds is 4. The molecular formula is C16H16BrN. The van der Waals surface area contributed by atoms with Crippen LogP contribution in [0.2, 0.25) is 0 Å². The fourth-order valence-electron chi connectivity index (χ4n) is 1.82. The van der Waals surface area contributed by atoms with Gasteiger partial charge in [0, 0.05) is 16.7 Å². The lowest BCUT2D eigenvalue weighted by Crippen LogP contribution is -2.03. The van der Waals surface area contributed by atoms with Gasteiger partial charge >= 0.3 is 0 Å². The van der Waals surface area contributed by atoms with Gasteiger partial charge in [-0.3, -0.25) is 0 Å². The second kappa shape index (κ2) is 5.87. The van der Waals surface area contributed by atoms with Crippen molar-refractivity contribution in [2.75, 3.05) is 11.9 Å². The summed E-state index contributed by atoms with van der Waals surface area (Å²) >= 11 is 3.50. The fraction of sp³-hybridized carbons (Fsp3) is 0.125. The molecule has 0 aliphatic carbocycles. The van der Waals surface area contributed by atoms with Crippen molar-refractivity contribution in [3.63, 3.8) is 0 Å². The van der Waals surface area contributed by atoms with Crippen LogP contribution in [0.4, 0.5) is 5.69 Å². The van der Waals surface area contributed by atoms with Gasteiger partial charge in [-0.25, -0.2) is 0 Å².